The number of aryl methyl sites for hydroxylation is 1. The van der Waals surface area contributed by atoms with Crippen LogP contribution in [0.5, 0.6) is 0 Å². The molecule has 2 unspecified atom stereocenters. The highest BCUT2D eigenvalue weighted by Gasteiger charge is 2.36. The van der Waals surface area contributed by atoms with Crippen LogP contribution in [0.25, 0.3) is 0 Å². The van der Waals surface area contributed by atoms with Gasteiger partial charge in [0.1, 0.15) is 0 Å². The number of aromatic nitrogens is 1. The SMILES string of the molecule is CN(C1CCCC1CN)S(=O)(=O)c1ccn(C)c1. The van der Waals surface area contributed by atoms with Crippen molar-refractivity contribution >= 4 is 10.0 Å². The largest absolute Gasteiger partial charge is 0.356 e. The standard InChI is InChI=1S/C12H21N3O2S/c1-14-7-6-11(9-14)18(16,17)15(2)12-5-3-4-10(12)8-13/h6-7,9-10,12H,3-5,8,13H2,1-2H3. The van der Waals surface area contributed by atoms with Gasteiger partial charge in [-0.1, -0.05) is 6.42 Å². The van der Waals surface area contributed by atoms with Crippen LogP contribution in [-0.4, -0.2) is 36.9 Å². The fourth-order valence-electron chi connectivity index (χ4n) is 2.75. The van der Waals surface area contributed by atoms with Gasteiger partial charge in [0.25, 0.3) is 0 Å². The predicted octanol–water partition coefficient (Wildman–Crippen LogP) is 0.773. The van der Waals surface area contributed by atoms with E-state index in [1.165, 1.54) is 4.31 Å². The highest BCUT2D eigenvalue weighted by Crippen LogP contribution is 2.31. The number of nitrogens with zero attached hydrogens (tertiary/aromatic N) is 2. The summed E-state index contributed by atoms with van der Waals surface area (Å²) in [7, 11) is 0.0967. The van der Waals surface area contributed by atoms with Gasteiger partial charge in [0, 0.05) is 32.5 Å². The van der Waals surface area contributed by atoms with E-state index in [-0.39, 0.29) is 12.0 Å². The van der Waals surface area contributed by atoms with Gasteiger partial charge in [-0.2, -0.15) is 4.31 Å². The quantitative estimate of drug-likeness (QED) is 0.879. The zero-order valence-electron chi connectivity index (χ0n) is 10.9. The van der Waals surface area contributed by atoms with Gasteiger partial charge >= 0.3 is 0 Å². The van der Waals surface area contributed by atoms with Crippen molar-refractivity contribution in [2.75, 3.05) is 13.6 Å². The molecule has 6 heteroatoms. The van der Waals surface area contributed by atoms with Crippen LogP contribution in [0.15, 0.2) is 23.4 Å². The van der Waals surface area contributed by atoms with Crippen molar-refractivity contribution in [3.8, 4) is 0 Å². The molecule has 0 saturated heterocycles. The molecular formula is C12H21N3O2S. The molecule has 1 aromatic rings. The molecule has 102 valence electrons. The first kappa shape index (κ1) is 13.6. The van der Waals surface area contributed by atoms with E-state index >= 15 is 0 Å². The topological polar surface area (TPSA) is 68.3 Å². The average Bonchev–Trinajstić information content (AvgIpc) is 2.95. The van der Waals surface area contributed by atoms with Crippen LogP contribution in [0.1, 0.15) is 19.3 Å². The second-order valence-corrected chi connectivity index (χ2v) is 7.03. The van der Waals surface area contributed by atoms with Gasteiger partial charge in [0.2, 0.25) is 10.0 Å². The second kappa shape index (κ2) is 5.03. The highest BCUT2D eigenvalue weighted by atomic mass is 32.2. The molecule has 5 nitrogen and oxygen atoms in total. The summed E-state index contributed by atoms with van der Waals surface area (Å²) < 4.78 is 28.2. The molecule has 1 saturated carbocycles. The molecular weight excluding hydrogens is 250 g/mol. The van der Waals surface area contributed by atoms with Crippen LogP contribution in [-0.2, 0) is 17.1 Å². The van der Waals surface area contributed by atoms with Crippen LogP contribution >= 0.6 is 0 Å². The Kier molecular flexibility index (Phi) is 3.79. The minimum absolute atomic E-state index is 0.0419. The van der Waals surface area contributed by atoms with Crippen LogP contribution in [0, 0.1) is 5.92 Å². The third-order valence-electron chi connectivity index (χ3n) is 3.87. The Morgan fingerprint density at radius 3 is 2.78 bits per heavy atom. The van der Waals surface area contributed by atoms with Crippen LogP contribution in [0.3, 0.4) is 0 Å². The molecule has 18 heavy (non-hydrogen) atoms. The average molecular weight is 271 g/mol. The van der Waals surface area contributed by atoms with Crippen molar-refractivity contribution in [2.24, 2.45) is 18.7 Å². The molecule has 2 N–H and O–H groups in total. The zero-order chi connectivity index (χ0) is 13.3. The maximum absolute atomic E-state index is 12.5. The van der Waals surface area contributed by atoms with Crippen molar-refractivity contribution in [3.05, 3.63) is 18.5 Å². The Labute approximate surface area is 109 Å². The summed E-state index contributed by atoms with van der Waals surface area (Å²) in [5.41, 5.74) is 5.72. The number of nitrogens with two attached hydrogens (primary N) is 1. The van der Waals surface area contributed by atoms with Gasteiger partial charge in [0.05, 0.1) is 4.90 Å². The number of hydrogen-bond acceptors (Lipinski definition) is 3. The van der Waals surface area contributed by atoms with Crippen LogP contribution < -0.4 is 5.73 Å². The maximum atomic E-state index is 12.5. The summed E-state index contributed by atoms with van der Waals surface area (Å²) in [4.78, 5) is 0.357. The Bertz CT molecular complexity index is 509. The van der Waals surface area contributed by atoms with E-state index in [1.807, 2.05) is 7.05 Å². The lowest BCUT2D eigenvalue weighted by Crippen LogP contribution is -2.41. The molecule has 2 atom stereocenters. The minimum atomic E-state index is -3.39. The molecule has 0 aromatic carbocycles. The first-order valence-corrected chi connectivity index (χ1v) is 7.71. The molecule has 1 aliphatic rings. The van der Waals surface area contributed by atoms with E-state index in [2.05, 4.69) is 0 Å². The lowest BCUT2D eigenvalue weighted by molar-refractivity contribution is 0.304. The van der Waals surface area contributed by atoms with Gasteiger partial charge in [-0.25, -0.2) is 8.42 Å². The third kappa shape index (κ3) is 2.32. The molecule has 1 fully saturated rings. The zero-order valence-corrected chi connectivity index (χ0v) is 11.7. The summed E-state index contributed by atoms with van der Waals surface area (Å²) in [6.07, 6.45) is 6.37. The maximum Gasteiger partial charge on any atom is 0.244 e. The summed E-state index contributed by atoms with van der Waals surface area (Å²) in [6, 6.07) is 1.68. The Hall–Kier alpha value is -0.850. The van der Waals surface area contributed by atoms with Crippen LogP contribution in [0.4, 0.5) is 0 Å². The van der Waals surface area contributed by atoms with E-state index in [0.29, 0.717) is 11.4 Å². The highest BCUT2D eigenvalue weighted by molar-refractivity contribution is 7.89. The number of rotatable bonds is 4. The van der Waals surface area contributed by atoms with Gasteiger partial charge < -0.3 is 10.3 Å². The second-order valence-electron chi connectivity index (χ2n) is 5.03. The number of sulfonamides is 1. The minimum Gasteiger partial charge on any atom is -0.356 e. The predicted molar refractivity (Wildman–Crippen MR) is 70.5 cm³/mol. The fourth-order valence-corrected chi connectivity index (χ4v) is 4.24. The molecule has 0 aliphatic heterocycles. The van der Waals surface area contributed by atoms with Crippen molar-refractivity contribution in [1.82, 2.24) is 8.87 Å². The lowest BCUT2D eigenvalue weighted by atomic mass is 10.0. The van der Waals surface area contributed by atoms with E-state index in [0.717, 1.165) is 19.3 Å². The van der Waals surface area contributed by atoms with Gasteiger partial charge in [-0.3, -0.25) is 0 Å². The molecule has 0 spiro atoms. The molecule has 1 aromatic heterocycles. The van der Waals surface area contributed by atoms with Crippen molar-refractivity contribution in [1.29, 1.82) is 0 Å². The van der Waals surface area contributed by atoms with E-state index in [1.54, 1.807) is 30.1 Å². The molecule has 1 heterocycles. The van der Waals surface area contributed by atoms with E-state index in [4.69, 9.17) is 5.73 Å². The monoisotopic (exact) mass is 271 g/mol. The summed E-state index contributed by atoms with van der Waals surface area (Å²) in [5.74, 6) is 0.286. The summed E-state index contributed by atoms with van der Waals surface area (Å²) in [6.45, 7) is 0.555. The Morgan fingerprint density at radius 2 is 2.22 bits per heavy atom. The third-order valence-corrected chi connectivity index (χ3v) is 5.74. The van der Waals surface area contributed by atoms with E-state index in [9.17, 15) is 8.42 Å². The Morgan fingerprint density at radius 1 is 1.50 bits per heavy atom. The van der Waals surface area contributed by atoms with Gasteiger partial charge in [-0.15, -0.1) is 0 Å². The first-order chi connectivity index (χ1) is 8.46. The lowest BCUT2D eigenvalue weighted by Gasteiger charge is -2.28. The van der Waals surface area contributed by atoms with Gasteiger partial charge in [-0.05, 0) is 31.4 Å². The molecule has 0 amide bonds. The molecule has 2 rings (SSSR count). The van der Waals surface area contributed by atoms with Crippen LogP contribution in [0.2, 0.25) is 0 Å². The molecule has 1 aliphatic carbocycles. The normalized spacial score (nSPS) is 24.9. The van der Waals surface area contributed by atoms with Crippen molar-refractivity contribution in [2.45, 2.75) is 30.2 Å². The van der Waals surface area contributed by atoms with Crippen molar-refractivity contribution < 1.29 is 8.42 Å². The van der Waals surface area contributed by atoms with Crippen molar-refractivity contribution in [3.63, 3.8) is 0 Å². The van der Waals surface area contributed by atoms with E-state index < -0.39 is 10.0 Å². The summed E-state index contributed by atoms with van der Waals surface area (Å²) in [5, 5.41) is 0. The molecule has 0 bridgehead atoms. The smallest absolute Gasteiger partial charge is 0.244 e. The fraction of sp³-hybridized carbons (Fsp3) is 0.667. The summed E-state index contributed by atoms with van der Waals surface area (Å²) >= 11 is 0. The Balaban J connectivity index is 2.25. The van der Waals surface area contributed by atoms with Gasteiger partial charge in [0.15, 0.2) is 0 Å². The molecule has 0 radical (unpaired) electrons. The number of hydrogen-bond donors (Lipinski definition) is 1. The first-order valence-electron chi connectivity index (χ1n) is 6.27.